The molecule has 8 nitrogen and oxygen atoms in total. The van der Waals surface area contributed by atoms with Crippen LogP contribution in [0.15, 0.2) is 29.3 Å². The van der Waals surface area contributed by atoms with Gasteiger partial charge in [-0.1, -0.05) is 0 Å². The second-order valence-corrected chi connectivity index (χ2v) is 7.56. The SMILES string of the molecule is COc1cc(-c2cn(C)c(=O)c3[nH]ncc23)cc(OC)c1CN1CCN(C)CC1. The number of H-pyrrole nitrogens is 1. The Morgan fingerprint density at radius 2 is 1.72 bits per heavy atom. The first-order chi connectivity index (χ1) is 14.0. The van der Waals surface area contributed by atoms with Crippen molar-refractivity contribution in [2.75, 3.05) is 47.4 Å². The normalized spacial score (nSPS) is 15.7. The van der Waals surface area contributed by atoms with Gasteiger partial charge >= 0.3 is 0 Å². The van der Waals surface area contributed by atoms with Crippen LogP contribution < -0.4 is 15.0 Å². The molecule has 1 N–H and O–H groups in total. The highest BCUT2D eigenvalue weighted by Crippen LogP contribution is 2.37. The Morgan fingerprint density at radius 3 is 2.34 bits per heavy atom. The number of aromatic amines is 1. The number of methoxy groups -OCH3 is 2. The lowest BCUT2D eigenvalue weighted by atomic mass is 10.00. The van der Waals surface area contributed by atoms with E-state index in [0.29, 0.717) is 5.52 Å². The van der Waals surface area contributed by atoms with Crippen LogP contribution in [0, 0.1) is 0 Å². The van der Waals surface area contributed by atoms with E-state index in [4.69, 9.17) is 9.47 Å². The third-order valence-electron chi connectivity index (χ3n) is 5.68. The molecule has 154 valence electrons. The minimum atomic E-state index is -0.105. The number of pyridine rings is 1. The van der Waals surface area contributed by atoms with Crippen molar-refractivity contribution in [3.63, 3.8) is 0 Å². The van der Waals surface area contributed by atoms with Gasteiger partial charge in [0, 0.05) is 56.9 Å². The largest absolute Gasteiger partial charge is 0.496 e. The fourth-order valence-electron chi connectivity index (χ4n) is 3.91. The molecule has 0 radical (unpaired) electrons. The average Bonchev–Trinajstić information content (AvgIpc) is 3.22. The van der Waals surface area contributed by atoms with Crippen LogP contribution in [0.2, 0.25) is 0 Å². The Bertz CT molecular complexity index is 1050. The number of fused-ring (bicyclic) bond motifs is 1. The van der Waals surface area contributed by atoms with Gasteiger partial charge in [-0.25, -0.2) is 0 Å². The van der Waals surface area contributed by atoms with Crippen LogP contribution in [0.1, 0.15) is 5.56 Å². The first-order valence-corrected chi connectivity index (χ1v) is 9.70. The standard InChI is InChI=1S/C21H27N5O3/c1-24-5-7-26(8-6-24)13-17-18(28-3)9-14(10-19(17)29-4)16-12-25(2)21(27)20-15(16)11-22-23-20/h9-12H,5-8,13H2,1-4H3,(H,22,23). The van der Waals surface area contributed by atoms with Gasteiger partial charge < -0.3 is 18.9 Å². The molecule has 1 aliphatic rings. The second kappa shape index (κ2) is 7.88. The van der Waals surface area contributed by atoms with Crippen molar-refractivity contribution in [3.8, 4) is 22.6 Å². The number of benzene rings is 1. The van der Waals surface area contributed by atoms with E-state index in [2.05, 4.69) is 27.0 Å². The maximum atomic E-state index is 12.4. The quantitative estimate of drug-likeness (QED) is 0.706. The van der Waals surface area contributed by atoms with Crippen molar-refractivity contribution in [1.82, 2.24) is 24.6 Å². The van der Waals surface area contributed by atoms with Crippen molar-refractivity contribution in [2.24, 2.45) is 7.05 Å². The van der Waals surface area contributed by atoms with Crippen LogP contribution in [0.5, 0.6) is 11.5 Å². The predicted molar refractivity (Wildman–Crippen MR) is 113 cm³/mol. The van der Waals surface area contributed by atoms with Crippen LogP contribution in [0.4, 0.5) is 0 Å². The van der Waals surface area contributed by atoms with Crippen molar-refractivity contribution < 1.29 is 9.47 Å². The molecule has 0 spiro atoms. The molecule has 3 heterocycles. The zero-order valence-corrected chi connectivity index (χ0v) is 17.4. The van der Waals surface area contributed by atoms with E-state index in [0.717, 1.165) is 66.3 Å². The Hall–Kier alpha value is -2.84. The molecule has 0 bridgehead atoms. The number of nitrogens with one attached hydrogen (secondary N) is 1. The summed E-state index contributed by atoms with van der Waals surface area (Å²) < 4.78 is 13.1. The lowest BCUT2D eigenvalue weighted by Crippen LogP contribution is -2.43. The van der Waals surface area contributed by atoms with Crippen LogP contribution in [0.25, 0.3) is 22.0 Å². The van der Waals surface area contributed by atoms with E-state index >= 15 is 0 Å². The molecular weight excluding hydrogens is 370 g/mol. The number of piperazine rings is 1. The van der Waals surface area contributed by atoms with Crippen molar-refractivity contribution in [1.29, 1.82) is 0 Å². The third kappa shape index (κ3) is 3.61. The van der Waals surface area contributed by atoms with Gasteiger partial charge in [0.15, 0.2) is 0 Å². The minimum Gasteiger partial charge on any atom is -0.496 e. The summed E-state index contributed by atoms with van der Waals surface area (Å²) >= 11 is 0. The highest BCUT2D eigenvalue weighted by atomic mass is 16.5. The molecule has 3 aromatic rings. The van der Waals surface area contributed by atoms with Crippen LogP contribution in [0.3, 0.4) is 0 Å². The van der Waals surface area contributed by atoms with Crippen molar-refractivity contribution in [2.45, 2.75) is 6.54 Å². The summed E-state index contributed by atoms with van der Waals surface area (Å²) in [6, 6.07) is 4.03. The number of ether oxygens (including phenoxy) is 2. The first-order valence-electron chi connectivity index (χ1n) is 9.70. The maximum absolute atomic E-state index is 12.4. The molecule has 1 fully saturated rings. The molecule has 1 aromatic carbocycles. The van der Waals surface area contributed by atoms with E-state index in [1.807, 2.05) is 18.3 Å². The number of aryl methyl sites for hydroxylation is 1. The second-order valence-electron chi connectivity index (χ2n) is 7.56. The highest BCUT2D eigenvalue weighted by Gasteiger charge is 2.21. The van der Waals surface area contributed by atoms with E-state index in [1.54, 1.807) is 32.0 Å². The maximum Gasteiger partial charge on any atom is 0.276 e. The summed E-state index contributed by atoms with van der Waals surface area (Å²) in [7, 11) is 7.25. The van der Waals surface area contributed by atoms with Crippen molar-refractivity contribution >= 4 is 10.9 Å². The van der Waals surface area contributed by atoms with Gasteiger partial charge in [-0.2, -0.15) is 5.10 Å². The molecular formula is C21H27N5O3. The minimum absolute atomic E-state index is 0.105. The molecule has 0 atom stereocenters. The summed E-state index contributed by atoms with van der Waals surface area (Å²) in [5.41, 5.74) is 3.24. The lowest BCUT2D eigenvalue weighted by Gasteiger charge is -2.33. The van der Waals surface area contributed by atoms with Crippen LogP contribution >= 0.6 is 0 Å². The predicted octanol–water partition coefficient (Wildman–Crippen LogP) is 1.69. The van der Waals surface area contributed by atoms with Gasteiger partial charge in [-0.3, -0.25) is 14.8 Å². The summed E-state index contributed by atoms with van der Waals surface area (Å²) in [4.78, 5) is 17.1. The molecule has 0 saturated carbocycles. The number of hydrogen-bond acceptors (Lipinski definition) is 6. The third-order valence-corrected chi connectivity index (χ3v) is 5.68. The summed E-state index contributed by atoms with van der Waals surface area (Å²) in [6.45, 7) is 4.91. The van der Waals surface area contributed by atoms with Gasteiger partial charge in [-0.05, 0) is 24.7 Å². The van der Waals surface area contributed by atoms with Crippen LogP contribution in [-0.2, 0) is 13.6 Å². The van der Waals surface area contributed by atoms with E-state index < -0.39 is 0 Å². The van der Waals surface area contributed by atoms with E-state index in [1.165, 1.54) is 0 Å². The molecule has 0 aliphatic carbocycles. The molecule has 8 heteroatoms. The number of nitrogens with zero attached hydrogens (tertiary/aromatic N) is 4. The number of rotatable bonds is 5. The molecule has 0 amide bonds. The fraction of sp³-hybridized carbons (Fsp3) is 0.429. The van der Waals surface area contributed by atoms with Gasteiger partial charge in [0.1, 0.15) is 17.0 Å². The zero-order valence-electron chi connectivity index (χ0n) is 17.4. The fourth-order valence-corrected chi connectivity index (χ4v) is 3.91. The Morgan fingerprint density at radius 1 is 1.07 bits per heavy atom. The lowest BCUT2D eigenvalue weighted by molar-refractivity contribution is 0.146. The van der Waals surface area contributed by atoms with Crippen LogP contribution in [-0.4, -0.2) is 72.0 Å². The Kier molecular flexibility index (Phi) is 5.29. The van der Waals surface area contributed by atoms with E-state index in [-0.39, 0.29) is 5.56 Å². The molecule has 1 saturated heterocycles. The Labute approximate surface area is 169 Å². The van der Waals surface area contributed by atoms with Gasteiger partial charge in [0.25, 0.3) is 5.56 Å². The topological polar surface area (TPSA) is 75.6 Å². The number of hydrogen-bond donors (Lipinski definition) is 1. The highest BCUT2D eigenvalue weighted by molar-refractivity contribution is 5.94. The van der Waals surface area contributed by atoms with Gasteiger partial charge in [-0.15, -0.1) is 0 Å². The van der Waals surface area contributed by atoms with E-state index in [9.17, 15) is 4.79 Å². The molecule has 1 aliphatic heterocycles. The molecule has 4 rings (SSSR count). The Balaban J connectivity index is 1.78. The summed E-state index contributed by atoms with van der Waals surface area (Å²) in [5, 5.41) is 7.65. The summed E-state index contributed by atoms with van der Waals surface area (Å²) in [5.74, 6) is 1.56. The first kappa shape index (κ1) is 19.5. The smallest absolute Gasteiger partial charge is 0.276 e. The zero-order chi connectivity index (χ0) is 20.5. The molecule has 0 unspecified atom stereocenters. The molecule has 29 heavy (non-hydrogen) atoms. The molecule has 2 aromatic heterocycles. The average molecular weight is 397 g/mol. The van der Waals surface area contributed by atoms with Gasteiger partial charge in [0.2, 0.25) is 0 Å². The number of likely N-dealkylation sites (N-methyl/N-ethyl adjacent to an activating group) is 1. The monoisotopic (exact) mass is 397 g/mol. The number of aromatic nitrogens is 3. The summed E-state index contributed by atoms with van der Waals surface area (Å²) in [6.07, 6.45) is 3.51. The van der Waals surface area contributed by atoms with Gasteiger partial charge in [0.05, 0.1) is 26.0 Å². The van der Waals surface area contributed by atoms with Crippen molar-refractivity contribution in [3.05, 3.63) is 40.4 Å².